The van der Waals surface area contributed by atoms with Gasteiger partial charge in [0, 0.05) is 17.4 Å². The molecule has 1 aromatic carbocycles. The molecule has 6 nitrogen and oxygen atoms in total. The van der Waals surface area contributed by atoms with E-state index in [-0.39, 0.29) is 18.1 Å². The molecule has 0 unspecified atom stereocenters. The fourth-order valence-electron chi connectivity index (χ4n) is 2.06. The number of rotatable bonds is 5. The van der Waals surface area contributed by atoms with Crippen molar-refractivity contribution in [2.45, 2.75) is 26.1 Å². The number of aryl methyl sites for hydroxylation is 1. The molecule has 0 aliphatic rings. The van der Waals surface area contributed by atoms with Crippen molar-refractivity contribution in [3.63, 3.8) is 0 Å². The molecule has 0 saturated carbocycles. The molecular weight excluding hydrogens is 369 g/mol. The van der Waals surface area contributed by atoms with Crippen molar-refractivity contribution in [1.29, 1.82) is 0 Å². The Hall–Kier alpha value is -2.75. The van der Waals surface area contributed by atoms with Gasteiger partial charge in [-0.15, -0.1) is 21.5 Å². The standard InChI is InChI=1S/C16H13F3N4O2S/c1-2-12-22-23-13(25-12)7-20-14(24)11-8-26-15(21-11)9-3-5-10(6-4-9)16(17,18)19/h3-6,8H,2,7H2,1H3,(H,20,24). The van der Waals surface area contributed by atoms with E-state index in [1.54, 1.807) is 0 Å². The molecule has 0 aliphatic carbocycles. The molecule has 10 heteroatoms. The van der Waals surface area contributed by atoms with E-state index in [1.165, 1.54) is 28.8 Å². The van der Waals surface area contributed by atoms with Gasteiger partial charge < -0.3 is 9.73 Å². The maximum absolute atomic E-state index is 12.6. The quantitative estimate of drug-likeness (QED) is 0.728. The van der Waals surface area contributed by atoms with E-state index in [1.807, 2.05) is 6.92 Å². The molecule has 0 atom stereocenters. The molecular formula is C16H13F3N4O2S. The van der Waals surface area contributed by atoms with Gasteiger partial charge in [0.05, 0.1) is 12.1 Å². The second-order valence-electron chi connectivity index (χ2n) is 5.24. The van der Waals surface area contributed by atoms with Crippen molar-refractivity contribution in [2.75, 3.05) is 0 Å². The van der Waals surface area contributed by atoms with Crippen LogP contribution in [0.3, 0.4) is 0 Å². The van der Waals surface area contributed by atoms with Crippen LogP contribution < -0.4 is 5.32 Å². The predicted molar refractivity (Wildman–Crippen MR) is 87.4 cm³/mol. The first kappa shape index (κ1) is 18.1. The van der Waals surface area contributed by atoms with Crippen molar-refractivity contribution < 1.29 is 22.4 Å². The molecule has 1 amide bonds. The Morgan fingerprint density at radius 1 is 1.19 bits per heavy atom. The average molecular weight is 382 g/mol. The van der Waals surface area contributed by atoms with E-state index < -0.39 is 17.6 Å². The highest BCUT2D eigenvalue weighted by molar-refractivity contribution is 7.13. The summed E-state index contributed by atoms with van der Waals surface area (Å²) in [4.78, 5) is 16.3. The number of halogens is 3. The number of thiazole rings is 1. The van der Waals surface area contributed by atoms with Crippen molar-refractivity contribution in [3.8, 4) is 10.6 Å². The largest absolute Gasteiger partial charge is 0.423 e. The molecule has 26 heavy (non-hydrogen) atoms. The molecule has 0 saturated heterocycles. The fourth-order valence-corrected chi connectivity index (χ4v) is 2.87. The minimum absolute atomic E-state index is 0.0684. The summed E-state index contributed by atoms with van der Waals surface area (Å²) in [6.45, 7) is 1.94. The first-order chi connectivity index (χ1) is 12.4. The Morgan fingerprint density at radius 2 is 1.88 bits per heavy atom. The van der Waals surface area contributed by atoms with Crippen LogP contribution >= 0.6 is 11.3 Å². The number of amides is 1. The van der Waals surface area contributed by atoms with Crippen molar-refractivity contribution in [2.24, 2.45) is 0 Å². The van der Waals surface area contributed by atoms with Crippen LogP contribution in [0.1, 0.15) is 34.8 Å². The van der Waals surface area contributed by atoms with Crippen LogP contribution in [-0.2, 0) is 19.1 Å². The summed E-state index contributed by atoms with van der Waals surface area (Å²) in [7, 11) is 0. The first-order valence-electron chi connectivity index (χ1n) is 7.59. The van der Waals surface area contributed by atoms with E-state index >= 15 is 0 Å². The summed E-state index contributed by atoms with van der Waals surface area (Å²) >= 11 is 1.17. The third-order valence-electron chi connectivity index (χ3n) is 3.41. The molecule has 3 aromatic rings. The summed E-state index contributed by atoms with van der Waals surface area (Å²) in [6, 6.07) is 4.62. The van der Waals surface area contributed by atoms with E-state index in [0.29, 0.717) is 22.9 Å². The lowest BCUT2D eigenvalue weighted by Crippen LogP contribution is -2.23. The zero-order valence-corrected chi connectivity index (χ0v) is 14.3. The van der Waals surface area contributed by atoms with E-state index in [2.05, 4.69) is 20.5 Å². The number of nitrogens with zero attached hydrogens (tertiary/aromatic N) is 3. The smallest absolute Gasteiger partial charge is 0.416 e. The van der Waals surface area contributed by atoms with Crippen LogP contribution in [-0.4, -0.2) is 21.1 Å². The second-order valence-corrected chi connectivity index (χ2v) is 6.10. The Bertz CT molecular complexity index is 903. The summed E-state index contributed by atoms with van der Waals surface area (Å²) < 4.78 is 43.1. The third-order valence-corrected chi connectivity index (χ3v) is 4.30. The van der Waals surface area contributed by atoms with Gasteiger partial charge in [0.25, 0.3) is 5.91 Å². The van der Waals surface area contributed by atoms with Crippen molar-refractivity contribution in [3.05, 3.63) is 52.7 Å². The van der Waals surface area contributed by atoms with Crippen LogP contribution in [0, 0.1) is 0 Å². The first-order valence-corrected chi connectivity index (χ1v) is 8.47. The van der Waals surface area contributed by atoms with Gasteiger partial charge in [-0.25, -0.2) is 4.98 Å². The van der Waals surface area contributed by atoms with Gasteiger partial charge >= 0.3 is 6.18 Å². The molecule has 0 bridgehead atoms. The van der Waals surface area contributed by atoms with Crippen LogP contribution in [0.5, 0.6) is 0 Å². The number of hydrogen-bond donors (Lipinski definition) is 1. The van der Waals surface area contributed by atoms with Crippen LogP contribution in [0.4, 0.5) is 13.2 Å². The van der Waals surface area contributed by atoms with Gasteiger partial charge in [0.2, 0.25) is 11.8 Å². The number of carbonyl (C=O) groups excluding carboxylic acids is 1. The minimum Gasteiger partial charge on any atom is -0.423 e. The number of hydrogen-bond acceptors (Lipinski definition) is 6. The van der Waals surface area contributed by atoms with Crippen molar-refractivity contribution in [1.82, 2.24) is 20.5 Å². The van der Waals surface area contributed by atoms with Gasteiger partial charge in [-0.3, -0.25) is 4.79 Å². The highest BCUT2D eigenvalue weighted by atomic mass is 32.1. The number of benzene rings is 1. The van der Waals surface area contributed by atoms with Gasteiger partial charge in [-0.05, 0) is 12.1 Å². The van der Waals surface area contributed by atoms with Crippen LogP contribution in [0.25, 0.3) is 10.6 Å². The van der Waals surface area contributed by atoms with E-state index in [0.717, 1.165) is 12.1 Å². The predicted octanol–water partition coefficient (Wildman–Crippen LogP) is 3.70. The Labute approximate surface area is 150 Å². The third kappa shape index (κ3) is 4.07. The van der Waals surface area contributed by atoms with Crippen LogP contribution in [0.2, 0.25) is 0 Å². The Kier molecular flexibility index (Phi) is 5.03. The maximum Gasteiger partial charge on any atom is 0.416 e. The molecule has 0 fully saturated rings. The molecule has 0 radical (unpaired) electrons. The number of alkyl halides is 3. The Balaban J connectivity index is 1.66. The van der Waals surface area contributed by atoms with Crippen molar-refractivity contribution >= 4 is 17.2 Å². The number of carbonyl (C=O) groups is 1. The molecule has 2 aromatic heterocycles. The highest BCUT2D eigenvalue weighted by Gasteiger charge is 2.30. The number of nitrogens with one attached hydrogen (secondary N) is 1. The zero-order chi connectivity index (χ0) is 18.7. The van der Waals surface area contributed by atoms with Gasteiger partial charge in [0.1, 0.15) is 10.7 Å². The lowest BCUT2D eigenvalue weighted by Gasteiger charge is -2.06. The van der Waals surface area contributed by atoms with E-state index in [9.17, 15) is 18.0 Å². The SMILES string of the molecule is CCc1nnc(CNC(=O)c2csc(-c3ccc(C(F)(F)F)cc3)n2)o1. The monoisotopic (exact) mass is 382 g/mol. The maximum atomic E-state index is 12.6. The molecule has 136 valence electrons. The van der Waals surface area contributed by atoms with Gasteiger partial charge in [0.15, 0.2) is 0 Å². The topological polar surface area (TPSA) is 80.9 Å². The van der Waals surface area contributed by atoms with E-state index in [4.69, 9.17) is 4.42 Å². The molecule has 0 aliphatic heterocycles. The summed E-state index contributed by atoms with van der Waals surface area (Å²) in [6.07, 6.45) is -3.79. The number of aromatic nitrogens is 3. The Morgan fingerprint density at radius 3 is 2.50 bits per heavy atom. The normalized spacial score (nSPS) is 11.5. The van der Waals surface area contributed by atoms with Gasteiger partial charge in [-0.2, -0.15) is 13.2 Å². The molecule has 1 N–H and O–H groups in total. The zero-order valence-electron chi connectivity index (χ0n) is 13.5. The summed E-state index contributed by atoms with van der Waals surface area (Å²) in [5.74, 6) is 0.330. The summed E-state index contributed by atoms with van der Waals surface area (Å²) in [5.41, 5.74) is -0.0616. The second kappa shape index (κ2) is 7.24. The summed E-state index contributed by atoms with van der Waals surface area (Å²) in [5, 5.41) is 12.2. The minimum atomic E-state index is -4.39. The molecule has 0 spiro atoms. The van der Waals surface area contributed by atoms with Gasteiger partial charge in [-0.1, -0.05) is 19.1 Å². The lowest BCUT2D eigenvalue weighted by molar-refractivity contribution is -0.137. The van der Waals surface area contributed by atoms with Crippen LogP contribution in [0.15, 0.2) is 34.1 Å². The highest BCUT2D eigenvalue weighted by Crippen LogP contribution is 2.31. The average Bonchev–Trinajstić information content (AvgIpc) is 3.28. The molecule has 3 rings (SSSR count). The lowest BCUT2D eigenvalue weighted by atomic mass is 10.1. The fraction of sp³-hybridized carbons (Fsp3) is 0.250. The molecule has 2 heterocycles.